The van der Waals surface area contributed by atoms with Crippen LogP contribution in [-0.2, 0) is 13.6 Å². The number of nitrogens with zero attached hydrogens (tertiary/aromatic N) is 4. The van der Waals surface area contributed by atoms with Crippen LogP contribution in [0.2, 0.25) is 0 Å². The number of aromatic nitrogens is 4. The van der Waals surface area contributed by atoms with Crippen molar-refractivity contribution in [2.45, 2.75) is 6.54 Å². The van der Waals surface area contributed by atoms with Gasteiger partial charge in [-0.05, 0) is 12.1 Å². The highest BCUT2D eigenvalue weighted by Gasteiger charge is 2.15. The number of hydrogen-bond donors (Lipinski definition) is 1. The first kappa shape index (κ1) is 12.4. The largest absolute Gasteiger partial charge is 0.340 e. The van der Waals surface area contributed by atoms with Gasteiger partial charge in [-0.15, -0.1) is 0 Å². The fourth-order valence-corrected chi connectivity index (χ4v) is 2.13. The van der Waals surface area contributed by atoms with Crippen molar-refractivity contribution in [1.82, 2.24) is 24.6 Å². The number of rotatable bonds is 3. The molecule has 6 nitrogen and oxygen atoms in total. The van der Waals surface area contributed by atoms with E-state index in [0.29, 0.717) is 12.1 Å². The fourth-order valence-electron chi connectivity index (χ4n) is 2.13. The van der Waals surface area contributed by atoms with E-state index in [1.807, 2.05) is 24.3 Å². The molecule has 1 aromatic carbocycles. The number of hydrogen-bond acceptors (Lipinski definition) is 3. The van der Waals surface area contributed by atoms with E-state index in [2.05, 4.69) is 15.1 Å². The van der Waals surface area contributed by atoms with Gasteiger partial charge in [0.2, 0.25) is 0 Å². The molecule has 0 unspecified atom stereocenters. The van der Waals surface area contributed by atoms with Gasteiger partial charge in [-0.1, -0.05) is 12.1 Å². The van der Waals surface area contributed by atoms with Gasteiger partial charge in [0.25, 0.3) is 5.91 Å². The Morgan fingerprint density at radius 1 is 1.40 bits per heavy atom. The molecule has 2 heterocycles. The minimum absolute atomic E-state index is 0.0708. The summed E-state index contributed by atoms with van der Waals surface area (Å²) < 4.78 is 1.61. The van der Waals surface area contributed by atoms with Gasteiger partial charge in [-0.25, -0.2) is 4.98 Å². The Balaban J connectivity index is 1.78. The lowest BCUT2D eigenvalue weighted by atomic mass is 10.3. The summed E-state index contributed by atoms with van der Waals surface area (Å²) in [7, 11) is 3.54. The van der Waals surface area contributed by atoms with Gasteiger partial charge in [0.15, 0.2) is 0 Å². The van der Waals surface area contributed by atoms with Gasteiger partial charge < -0.3 is 9.88 Å². The maximum atomic E-state index is 12.2. The highest BCUT2D eigenvalue weighted by atomic mass is 16.2. The number of imidazole rings is 1. The summed E-state index contributed by atoms with van der Waals surface area (Å²) in [6.45, 7) is 0.433. The van der Waals surface area contributed by atoms with Crippen LogP contribution < -0.4 is 0 Å². The van der Waals surface area contributed by atoms with E-state index in [9.17, 15) is 4.79 Å². The van der Waals surface area contributed by atoms with Crippen LogP contribution in [0.5, 0.6) is 0 Å². The topological polar surface area (TPSA) is 66.8 Å². The van der Waals surface area contributed by atoms with Crippen molar-refractivity contribution in [2.75, 3.05) is 7.05 Å². The molecule has 3 rings (SSSR count). The van der Waals surface area contributed by atoms with Gasteiger partial charge in [0.1, 0.15) is 5.82 Å². The number of carbonyl (C=O) groups excluding carboxylic acids is 1. The molecule has 0 radical (unpaired) electrons. The van der Waals surface area contributed by atoms with Gasteiger partial charge >= 0.3 is 0 Å². The minimum Gasteiger partial charge on any atom is -0.340 e. The first-order chi connectivity index (χ1) is 9.63. The second-order valence-electron chi connectivity index (χ2n) is 4.76. The molecular formula is C14H15N5O. The molecule has 1 N–H and O–H groups in total. The van der Waals surface area contributed by atoms with E-state index in [1.54, 1.807) is 36.1 Å². The zero-order valence-corrected chi connectivity index (χ0v) is 11.4. The number of aryl methyl sites for hydroxylation is 1. The lowest BCUT2D eigenvalue weighted by molar-refractivity contribution is 0.0782. The molecule has 0 spiro atoms. The van der Waals surface area contributed by atoms with Gasteiger partial charge in [-0.2, -0.15) is 5.10 Å². The molecule has 0 saturated heterocycles. The van der Waals surface area contributed by atoms with Gasteiger partial charge in [0.05, 0.1) is 29.3 Å². The zero-order chi connectivity index (χ0) is 14.1. The molecule has 3 aromatic rings. The Morgan fingerprint density at radius 3 is 2.90 bits per heavy atom. The Morgan fingerprint density at radius 2 is 2.20 bits per heavy atom. The lowest BCUT2D eigenvalue weighted by Gasteiger charge is -2.14. The molecule has 0 atom stereocenters. The smallest absolute Gasteiger partial charge is 0.257 e. The summed E-state index contributed by atoms with van der Waals surface area (Å²) in [5, 5.41) is 4.01. The number of nitrogens with one attached hydrogen (secondary N) is 1. The van der Waals surface area contributed by atoms with Crippen LogP contribution in [0, 0.1) is 0 Å². The number of aromatic amines is 1. The Labute approximate surface area is 116 Å². The van der Waals surface area contributed by atoms with Crippen molar-refractivity contribution in [3.05, 3.63) is 48.0 Å². The maximum Gasteiger partial charge on any atom is 0.257 e. The minimum atomic E-state index is -0.0708. The second-order valence-corrected chi connectivity index (χ2v) is 4.76. The molecule has 2 aromatic heterocycles. The molecule has 0 aliphatic heterocycles. The predicted molar refractivity (Wildman–Crippen MR) is 75.1 cm³/mol. The lowest BCUT2D eigenvalue weighted by Crippen LogP contribution is -2.26. The number of carbonyl (C=O) groups is 1. The van der Waals surface area contributed by atoms with E-state index < -0.39 is 0 Å². The van der Waals surface area contributed by atoms with Crippen molar-refractivity contribution in [1.29, 1.82) is 0 Å². The van der Waals surface area contributed by atoms with Crippen molar-refractivity contribution < 1.29 is 4.79 Å². The van der Waals surface area contributed by atoms with E-state index in [1.165, 1.54) is 0 Å². The number of H-pyrrole nitrogens is 1. The molecule has 0 aliphatic rings. The van der Waals surface area contributed by atoms with Crippen molar-refractivity contribution in [2.24, 2.45) is 7.05 Å². The quantitative estimate of drug-likeness (QED) is 0.784. The summed E-state index contributed by atoms with van der Waals surface area (Å²) in [6, 6.07) is 7.80. The van der Waals surface area contributed by atoms with Crippen molar-refractivity contribution in [3.63, 3.8) is 0 Å². The van der Waals surface area contributed by atoms with Crippen LogP contribution >= 0.6 is 0 Å². The Hall–Kier alpha value is -2.63. The summed E-state index contributed by atoms with van der Waals surface area (Å²) >= 11 is 0. The number of fused-ring (bicyclic) bond motifs is 1. The number of benzene rings is 1. The SMILES string of the molecule is CN(Cc1nc2ccccc2[nH]1)C(=O)c1cnn(C)c1. The van der Waals surface area contributed by atoms with E-state index in [-0.39, 0.29) is 5.91 Å². The highest BCUT2D eigenvalue weighted by molar-refractivity contribution is 5.93. The third kappa shape index (κ3) is 2.27. The van der Waals surface area contributed by atoms with Crippen molar-refractivity contribution >= 4 is 16.9 Å². The molecule has 1 amide bonds. The van der Waals surface area contributed by atoms with E-state index in [4.69, 9.17) is 0 Å². The van der Waals surface area contributed by atoms with Gasteiger partial charge in [-0.3, -0.25) is 9.48 Å². The zero-order valence-electron chi connectivity index (χ0n) is 11.4. The predicted octanol–water partition coefficient (Wildman–Crippen LogP) is 1.57. The number of para-hydroxylation sites is 2. The first-order valence-corrected chi connectivity index (χ1v) is 6.31. The van der Waals surface area contributed by atoms with Crippen molar-refractivity contribution in [3.8, 4) is 0 Å². The van der Waals surface area contributed by atoms with Gasteiger partial charge in [0, 0.05) is 20.3 Å². The van der Waals surface area contributed by atoms with Crippen LogP contribution in [0.3, 0.4) is 0 Å². The second kappa shape index (κ2) is 4.80. The van der Waals surface area contributed by atoms with Crippen LogP contribution in [0.15, 0.2) is 36.7 Å². The molecule has 102 valence electrons. The molecule has 0 bridgehead atoms. The Kier molecular flexibility index (Phi) is 2.98. The standard InChI is InChI=1S/C14H15N5O/c1-18(14(20)10-7-15-19(2)8-10)9-13-16-11-5-3-4-6-12(11)17-13/h3-8H,9H2,1-2H3,(H,16,17). The summed E-state index contributed by atoms with van der Waals surface area (Å²) in [5.41, 5.74) is 2.46. The normalized spacial score (nSPS) is 10.9. The molecular weight excluding hydrogens is 254 g/mol. The Bertz CT molecular complexity index is 725. The fraction of sp³-hybridized carbons (Fsp3) is 0.214. The molecule has 0 saturated carbocycles. The molecule has 6 heteroatoms. The molecule has 20 heavy (non-hydrogen) atoms. The maximum absolute atomic E-state index is 12.2. The average Bonchev–Trinajstić information content (AvgIpc) is 3.03. The van der Waals surface area contributed by atoms with Crippen LogP contribution in [0.4, 0.5) is 0 Å². The summed E-state index contributed by atoms with van der Waals surface area (Å²) in [4.78, 5) is 21.5. The summed E-state index contributed by atoms with van der Waals surface area (Å²) in [6.07, 6.45) is 3.27. The van der Waals surface area contributed by atoms with E-state index in [0.717, 1.165) is 16.9 Å². The first-order valence-electron chi connectivity index (χ1n) is 6.31. The molecule has 0 aliphatic carbocycles. The number of amides is 1. The summed E-state index contributed by atoms with van der Waals surface area (Å²) in [5.74, 6) is 0.699. The monoisotopic (exact) mass is 269 g/mol. The third-order valence-corrected chi connectivity index (χ3v) is 3.12. The van der Waals surface area contributed by atoms with Crippen LogP contribution in [0.25, 0.3) is 11.0 Å². The van der Waals surface area contributed by atoms with Crippen LogP contribution in [-0.4, -0.2) is 37.6 Å². The average molecular weight is 269 g/mol. The highest BCUT2D eigenvalue weighted by Crippen LogP contribution is 2.12. The van der Waals surface area contributed by atoms with E-state index >= 15 is 0 Å². The molecule has 0 fully saturated rings. The van der Waals surface area contributed by atoms with Crippen LogP contribution in [0.1, 0.15) is 16.2 Å². The third-order valence-electron chi connectivity index (χ3n) is 3.12.